The first-order valence-corrected chi connectivity index (χ1v) is 7.82. The van der Waals surface area contributed by atoms with E-state index in [0.717, 1.165) is 45.4 Å². The van der Waals surface area contributed by atoms with Gasteiger partial charge in [-0.2, -0.15) is 0 Å². The third-order valence-electron chi connectivity index (χ3n) is 3.31. The van der Waals surface area contributed by atoms with E-state index in [1.54, 1.807) is 7.11 Å². The Balaban J connectivity index is 0.000000763. The van der Waals surface area contributed by atoms with Gasteiger partial charge in [0, 0.05) is 46.3 Å². The second kappa shape index (κ2) is 14.9. The molecule has 1 fully saturated rings. The Morgan fingerprint density at radius 3 is 2.64 bits per heavy atom. The van der Waals surface area contributed by atoms with Gasteiger partial charge < -0.3 is 30.2 Å². The molecular weight excluding hydrogens is 286 g/mol. The van der Waals surface area contributed by atoms with Crippen molar-refractivity contribution in [1.82, 2.24) is 10.2 Å². The van der Waals surface area contributed by atoms with Crippen molar-refractivity contribution in [1.29, 1.82) is 0 Å². The molecule has 1 unspecified atom stereocenters. The lowest BCUT2D eigenvalue weighted by Crippen LogP contribution is -2.54. The van der Waals surface area contributed by atoms with Gasteiger partial charge in [-0.25, -0.2) is 0 Å². The van der Waals surface area contributed by atoms with Gasteiger partial charge in [0.15, 0.2) is 0 Å². The quantitative estimate of drug-likeness (QED) is 0.451. The van der Waals surface area contributed by atoms with Crippen molar-refractivity contribution in [2.45, 2.75) is 31.7 Å². The van der Waals surface area contributed by atoms with Crippen molar-refractivity contribution in [3.63, 3.8) is 0 Å². The fourth-order valence-corrected chi connectivity index (χ4v) is 2.19. The van der Waals surface area contributed by atoms with Crippen molar-refractivity contribution in [3.8, 4) is 0 Å². The number of hydrogen-bond donors (Lipinski definition) is 2. The number of nitrogens with two attached hydrogens (primary N) is 1. The van der Waals surface area contributed by atoms with Crippen LogP contribution in [0.5, 0.6) is 0 Å². The molecule has 0 aromatic heterocycles. The van der Waals surface area contributed by atoms with Crippen LogP contribution in [0.1, 0.15) is 25.7 Å². The monoisotopic (exact) mass is 317 g/mol. The first-order valence-electron chi connectivity index (χ1n) is 7.82. The van der Waals surface area contributed by atoms with Gasteiger partial charge in [-0.15, -0.1) is 0 Å². The Morgan fingerprint density at radius 2 is 2.09 bits per heavy atom. The summed E-state index contributed by atoms with van der Waals surface area (Å²) in [5, 5.41) is 3.35. The van der Waals surface area contributed by atoms with Crippen LogP contribution in [-0.4, -0.2) is 76.7 Å². The zero-order valence-electron chi connectivity index (χ0n) is 13.9. The minimum Gasteiger partial charge on any atom is -0.383 e. The highest BCUT2D eigenvalue weighted by atomic mass is 16.5. The van der Waals surface area contributed by atoms with Gasteiger partial charge in [0.2, 0.25) is 5.91 Å². The standard InChI is InChI=1S/C12H25N3O2.C3H6O2/c1-17-10-11-9-15(8-7-14-11)12(16)5-3-2-4-6-13;1-5-3-2-4/h11,14H,2-10,13H2,1H3;2H,3H2,1H3. The Kier molecular flexibility index (Phi) is 14.2. The van der Waals surface area contributed by atoms with Gasteiger partial charge in [-0.3, -0.25) is 4.79 Å². The number of piperazine rings is 1. The minimum atomic E-state index is 0.208. The van der Waals surface area contributed by atoms with Crippen LogP contribution >= 0.6 is 0 Å². The zero-order valence-corrected chi connectivity index (χ0v) is 13.9. The molecule has 0 aromatic carbocycles. The predicted octanol–water partition coefficient (Wildman–Crippen LogP) is -0.216. The molecule has 0 aliphatic carbocycles. The van der Waals surface area contributed by atoms with E-state index >= 15 is 0 Å². The smallest absolute Gasteiger partial charge is 0.222 e. The van der Waals surface area contributed by atoms with Gasteiger partial charge in [-0.05, 0) is 19.4 Å². The molecule has 1 saturated heterocycles. The molecule has 130 valence electrons. The number of nitrogens with zero attached hydrogens (tertiary/aromatic N) is 1. The van der Waals surface area contributed by atoms with Crippen molar-refractivity contribution >= 4 is 12.2 Å². The number of aldehydes is 1. The number of nitrogens with one attached hydrogen (secondary N) is 1. The van der Waals surface area contributed by atoms with Crippen LogP contribution in [0.2, 0.25) is 0 Å². The molecule has 1 amide bonds. The molecule has 7 nitrogen and oxygen atoms in total. The number of carbonyl (C=O) groups excluding carboxylic acids is 2. The lowest BCUT2D eigenvalue weighted by molar-refractivity contribution is -0.132. The summed E-state index contributed by atoms with van der Waals surface area (Å²) in [6.45, 7) is 4.04. The van der Waals surface area contributed by atoms with Crippen molar-refractivity contribution in [2.75, 3.05) is 53.6 Å². The summed E-state index contributed by atoms with van der Waals surface area (Å²) in [5.41, 5.74) is 5.42. The van der Waals surface area contributed by atoms with Crippen LogP contribution in [0, 0.1) is 0 Å². The largest absolute Gasteiger partial charge is 0.383 e. The highest BCUT2D eigenvalue weighted by molar-refractivity contribution is 5.76. The number of amides is 1. The van der Waals surface area contributed by atoms with Crippen LogP contribution in [0.15, 0.2) is 0 Å². The summed E-state index contributed by atoms with van der Waals surface area (Å²) < 4.78 is 9.43. The Bertz CT molecular complexity index is 288. The van der Waals surface area contributed by atoms with Crippen LogP contribution in [-0.2, 0) is 19.1 Å². The van der Waals surface area contributed by atoms with Gasteiger partial charge in [0.25, 0.3) is 0 Å². The molecule has 0 radical (unpaired) electrons. The van der Waals surface area contributed by atoms with Gasteiger partial charge >= 0.3 is 0 Å². The number of carbonyl (C=O) groups is 2. The second-order valence-electron chi connectivity index (χ2n) is 5.17. The minimum absolute atomic E-state index is 0.208. The Hall–Kier alpha value is -1.02. The van der Waals surface area contributed by atoms with Gasteiger partial charge in [0.1, 0.15) is 12.9 Å². The summed E-state index contributed by atoms with van der Waals surface area (Å²) in [6, 6.07) is 0.279. The molecule has 1 aliphatic heterocycles. The first-order chi connectivity index (χ1) is 10.7. The predicted molar refractivity (Wildman–Crippen MR) is 85.7 cm³/mol. The molecule has 22 heavy (non-hydrogen) atoms. The fraction of sp³-hybridized carbons (Fsp3) is 0.867. The van der Waals surface area contributed by atoms with Crippen molar-refractivity contribution < 1.29 is 19.1 Å². The lowest BCUT2D eigenvalue weighted by atomic mass is 10.1. The van der Waals surface area contributed by atoms with E-state index in [9.17, 15) is 9.59 Å². The van der Waals surface area contributed by atoms with E-state index in [2.05, 4.69) is 10.1 Å². The number of ether oxygens (including phenoxy) is 2. The summed E-state index contributed by atoms with van der Waals surface area (Å²) in [7, 11) is 3.17. The van der Waals surface area contributed by atoms with Crippen LogP contribution in [0.25, 0.3) is 0 Å². The molecular formula is C15H31N3O4. The summed E-state index contributed by atoms with van der Waals surface area (Å²) in [4.78, 5) is 23.2. The lowest BCUT2D eigenvalue weighted by Gasteiger charge is -2.33. The molecule has 3 N–H and O–H groups in total. The fourth-order valence-electron chi connectivity index (χ4n) is 2.19. The molecule has 7 heteroatoms. The molecule has 0 aromatic rings. The van der Waals surface area contributed by atoms with Gasteiger partial charge in [0.05, 0.1) is 6.61 Å². The van der Waals surface area contributed by atoms with Gasteiger partial charge in [-0.1, -0.05) is 6.42 Å². The zero-order chi connectivity index (χ0) is 16.6. The Morgan fingerprint density at radius 1 is 1.32 bits per heavy atom. The average Bonchev–Trinajstić information content (AvgIpc) is 2.53. The molecule has 0 spiro atoms. The van der Waals surface area contributed by atoms with E-state index in [1.807, 2.05) is 4.90 Å². The van der Waals surface area contributed by atoms with E-state index in [4.69, 9.17) is 10.5 Å². The normalized spacial score (nSPS) is 17.6. The van der Waals surface area contributed by atoms with E-state index in [1.165, 1.54) is 7.11 Å². The summed E-state index contributed by atoms with van der Waals surface area (Å²) >= 11 is 0. The van der Waals surface area contributed by atoms with Crippen molar-refractivity contribution in [3.05, 3.63) is 0 Å². The summed E-state index contributed by atoms with van der Waals surface area (Å²) in [6.07, 6.45) is 4.38. The maximum Gasteiger partial charge on any atom is 0.222 e. The third kappa shape index (κ3) is 10.7. The first kappa shape index (κ1) is 21.0. The third-order valence-corrected chi connectivity index (χ3v) is 3.31. The molecule has 1 rings (SSSR count). The maximum absolute atomic E-state index is 11.9. The maximum atomic E-state index is 11.9. The number of methoxy groups -OCH3 is 2. The number of unbranched alkanes of at least 4 members (excludes halogenated alkanes) is 2. The van der Waals surface area contributed by atoms with Crippen molar-refractivity contribution in [2.24, 2.45) is 5.73 Å². The molecule has 1 atom stereocenters. The molecule has 0 saturated carbocycles. The van der Waals surface area contributed by atoms with Crippen LogP contribution in [0.3, 0.4) is 0 Å². The highest BCUT2D eigenvalue weighted by Crippen LogP contribution is 2.06. The Labute approximate surface area is 133 Å². The molecule has 0 bridgehead atoms. The SMILES string of the molecule is COCC1CN(C(=O)CCCCCN)CCN1.COCC=O. The molecule has 1 aliphatic rings. The average molecular weight is 317 g/mol. The molecule has 1 heterocycles. The summed E-state index contributed by atoms with van der Waals surface area (Å²) in [5.74, 6) is 0.268. The number of hydrogen-bond acceptors (Lipinski definition) is 6. The van der Waals surface area contributed by atoms with E-state index in [0.29, 0.717) is 19.3 Å². The van der Waals surface area contributed by atoms with Crippen LogP contribution < -0.4 is 11.1 Å². The van der Waals surface area contributed by atoms with Crippen LogP contribution in [0.4, 0.5) is 0 Å². The second-order valence-corrected chi connectivity index (χ2v) is 5.17. The highest BCUT2D eigenvalue weighted by Gasteiger charge is 2.22. The number of rotatable bonds is 9. The van der Waals surface area contributed by atoms with E-state index < -0.39 is 0 Å². The van der Waals surface area contributed by atoms with E-state index in [-0.39, 0.29) is 18.6 Å². The topological polar surface area (TPSA) is 93.9 Å².